The van der Waals surface area contributed by atoms with Crippen LogP contribution in [0.5, 0.6) is 0 Å². The highest BCUT2D eigenvalue weighted by molar-refractivity contribution is 7.92. The standard InChI is InChI=1S/C18H18ClNO3S/c19-15-7-9-16(10-8-15)24(22,23)17-12-20(13-17)18(21)11-6-14-4-2-1-3-5-14/h1-5,7-10,17H,6,11-13H2. The molecule has 0 N–H and O–H groups in total. The summed E-state index contributed by atoms with van der Waals surface area (Å²) in [7, 11) is -3.41. The Balaban J connectivity index is 1.54. The molecule has 4 nitrogen and oxygen atoms in total. The highest BCUT2D eigenvalue weighted by Gasteiger charge is 2.40. The molecule has 1 aliphatic rings. The summed E-state index contributed by atoms with van der Waals surface area (Å²) in [5.74, 6) is 0.00130. The first kappa shape index (κ1) is 17.0. The van der Waals surface area contributed by atoms with Gasteiger partial charge >= 0.3 is 0 Å². The van der Waals surface area contributed by atoms with E-state index in [0.29, 0.717) is 17.9 Å². The minimum absolute atomic E-state index is 0.00130. The second-order valence-corrected chi connectivity index (χ2v) is 8.57. The van der Waals surface area contributed by atoms with Crippen LogP contribution < -0.4 is 0 Å². The lowest BCUT2D eigenvalue weighted by molar-refractivity contribution is -0.134. The predicted octanol–water partition coefficient (Wildman–Crippen LogP) is 2.96. The molecule has 126 valence electrons. The summed E-state index contributed by atoms with van der Waals surface area (Å²) < 4.78 is 25.0. The molecule has 0 radical (unpaired) electrons. The van der Waals surface area contributed by atoms with Gasteiger partial charge in [-0.1, -0.05) is 41.9 Å². The summed E-state index contributed by atoms with van der Waals surface area (Å²) in [4.78, 5) is 14.0. The fourth-order valence-corrected chi connectivity index (χ4v) is 4.49. The van der Waals surface area contributed by atoms with E-state index in [9.17, 15) is 13.2 Å². The molecule has 1 saturated heterocycles. The molecule has 1 fully saturated rings. The van der Waals surface area contributed by atoms with Gasteiger partial charge in [-0.05, 0) is 36.2 Å². The summed E-state index contributed by atoms with van der Waals surface area (Å²) in [6.07, 6.45) is 1.07. The van der Waals surface area contributed by atoms with Crippen molar-refractivity contribution in [2.45, 2.75) is 23.0 Å². The van der Waals surface area contributed by atoms with Crippen LogP contribution >= 0.6 is 11.6 Å². The maximum absolute atomic E-state index is 12.5. The van der Waals surface area contributed by atoms with Crippen LogP contribution in [-0.4, -0.2) is 37.6 Å². The van der Waals surface area contributed by atoms with Crippen LogP contribution in [0.1, 0.15) is 12.0 Å². The van der Waals surface area contributed by atoms with Crippen LogP contribution in [0.15, 0.2) is 59.5 Å². The smallest absolute Gasteiger partial charge is 0.222 e. The van der Waals surface area contributed by atoms with E-state index in [1.54, 1.807) is 17.0 Å². The number of hydrogen-bond acceptors (Lipinski definition) is 3. The van der Waals surface area contributed by atoms with Crippen LogP contribution in [0.2, 0.25) is 5.02 Å². The summed E-state index contributed by atoms with van der Waals surface area (Å²) in [5, 5.41) is -0.0281. The Hall–Kier alpha value is -1.85. The Morgan fingerprint density at radius 1 is 1.04 bits per heavy atom. The zero-order chi connectivity index (χ0) is 17.2. The van der Waals surface area contributed by atoms with Gasteiger partial charge in [-0.3, -0.25) is 4.79 Å². The fourth-order valence-electron chi connectivity index (χ4n) is 2.71. The van der Waals surface area contributed by atoms with Gasteiger partial charge in [0.2, 0.25) is 5.91 Å². The van der Waals surface area contributed by atoms with Gasteiger partial charge in [0.05, 0.1) is 4.90 Å². The van der Waals surface area contributed by atoms with E-state index in [1.807, 2.05) is 30.3 Å². The van der Waals surface area contributed by atoms with E-state index in [1.165, 1.54) is 12.1 Å². The number of sulfone groups is 1. The average molecular weight is 364 g/mol. The molecule has 6 heteroatoms. The van der Waals surface area contributed by atoms with Crippen molar-refractivity contribution >= 4 is 27.3 Å². The van der Waals surface area contributed by atoms with Gasteiger partial charge < -0.3 is 4.90 Å². The van der Waals surface area contributed by atoms with Crippen molar-refractivity contribution in [3.05, 3.63) is 65.2 Å². The summed E-state index contributed by atoms with van der Waals surface area (Å²) in [5.41, 5.74) is 1.11. The normalized spacial score (nSPS) is 15.1. The Kier molecular flexibility index (Phi) is 4.92. The van der Waals surface area contributed by atoms with E-state index in [0.717, 1.165) is 5.56 Å². The van der Waals surface area contributed by atoms with E-state index < -0.39 is 15.1 Å². The van der Waals surface area contributed by atoms with Gasteiger partial charge in [0.15, 0.2) is 9.84 Å². The number of carbonyl (C=O) groups is 1. The zero-order valence-electron chi connectivity index (χ0n) is 13.1. The average Bonchev–Trinajstić information content (AvgIpc) is 2.52. The first-order valence-corrected chi connectivity index (χ1v) is 9.70. The molecule has 0 spiro atoms. The van der Waals surface area contributed by atoms with Crippen molar-refractivity contribution < 1.29 is 13.2 Å². The van der Waals surface area contributed by atoms with E-state index in [2.05, 4.69) is 0 Å². The topological polar surface area (TPSA) is 54.5 Å². The molecule has 0 aromatic heterocycles. The predicted molar refractivity (Wildman–Crippen MR) is 93.8 cm³/mol. The molecule has 1 amide bonds. The minimum Gasteiger partial charge on any atom is -0.340 e. The lowest BCUT2D eigenvalue weighted by Crippen LogP contribution is -2.56. The molecule has 2 aromatic carbocycles. The molecular weight excluding hydrogens is 346 g/mol. The Morgan fingerprint density at radius 2 is 1.67 bits per heavy atom. The zero-order valence-corrected chi connectivity index (χ0v) is 14.6. The molecule has 0 aliphatic carbocycles. The number of rotatable bonds is 5. The highest BCUT2D eigenvalue weighted by atomic mass is 35.5. The van der Waals surface area contributed by atoms with Gasteiger partial charge in [-0.15, -0.1) is 0 Å². The first-order valence-electron chi connectivity index (χ1n) is 7.78. The first-order chi connectivity index (χ1) is 11.5. The molecule has 0 unspecified atom stereocenters. The second kappa shape index (κ2) is 6.95. The van der Waals surface area contributed by atoms with Crippen molar-refractivity contribution in [2.75, 3.05) is 13.1 Å². The van der Waals surface area contributed by atoms with Crippen LogP contribution in [0.3, 0.4) is 0 Å². The summed E-state index contributed by atoms with van der Waals surface area (Å²) in [6.45, 7) is 0.525. The van der Waals surface area contributed by atoms with Crippen LogP contribution in [0.25, 0.3) is 0 Å². The number of aryl methyl sites for hydroxylation is 1. The van der Waals surface area contributed by atoms with E-state index in [-0.39, 0.29) is 23.9 Å². The van der Waals surface area contributed by atoms with Crippen molar-refractivity contribution in [1.82, 2.24) is 4.90 Å². The summed E-state index contributed by atoms with van der Waals surface area (Å²) >= 11 is 5.79. The summed E-state index contributed by atoms with van der Waals surface area (Å²) in [6, 6.07) is 15.9. The SMILES string of the molecule is O=C(CCc1ccccc1)N1CC(S(=O)(=O)c2ccc(Cl)cc2)C1. The molecular formula is C18H18ClNO3S. The molecule has 1 heterocycles. The third-order valence-electron chi connectivity index (χ3n) is 4.25. The number of carbonyl (C=O) groups excluding carboxylic acids is 1. The number of amides is 1. The van der Waals surface area contributed by atoms with Gasteiger partial charge in [-0.2, -0.15) is 0 Å². The minimum atomic E-state index is -3.41. The highest BCUT2D eigenvalue weighted by Crippen LogP contribution is 2.25. The number of benzene rings is 2. The third-order valence-corrected chi connectivity index (χ3v) is 6.61. The molecule has 24 heavy (non-hydrogen) atoms. The van der Waals surface area contributed by atoms with Gasteiger partial charge in [0.1, 0.15) is 5.25 Å². The largest absolute Gasteiger partial charge is 0.340 e. The van der Waals surface area contributed by atoms with Crippen molar-refractivity contribution in [3.63, 3.8) is 0 Å². The van der Waals surface area contributed by atoms with Gasteiger partial charge in [0, 0.05) is 24.5 Å². The Labute approximate surface area is 147 Å². The van der Waals surface area contributed by atoms with E-state index >= 15 is 0 Å². The monoisotopic (exact) mass is 363 g/mol. The van der Waals surface area contributed by atoms with Crippen molar-refractivity contribution in [1.29, 1.82) is 0 Å². The van der Waals surface area contributed by atoms with Crippen LogP contribution in [0.4, 0.5) is 0 Å². The number of nitrogens with zero attached hydrogens (tertiary/aromatic N) is 1. The lowest BCUT2D eigenvalue weighted by atomic mass is 10.1. The fraction of sp³-hybridized carbons (Fsp3) is 0.278. The van der Waals surface area contributed by atoms with Gasteiger partial charge in [0.25, 0.3) is 0 Å². The number of halogens is 1. The maximum Gasteiger partial charge on any atom is 0.222 e. The Morgan fingerprint density at radius 3 is 2.29 bits per heavy atom. The molecule has 1 aliphatic heterocycles. The molecule has 2 aromatic rings. The number of hydrogen-bond donors (Lipinski definition) is 0. The van der Waals surface area contributed by atoms with Crippen LogP contribution in [-0.2, 0) is 21.1 Å². The molecule has 0 bridgehead atoms. The third kappa shape index (κ3) is 3.62. The second-order valence-electron chi connectivity index (χ2n) is 5.91. The van der Waals surface area contributed by atoms with Crippen molar-refractivity contribution in [2.24, 2.45) is 0 Å². The quantitative estimate of drug-likeness (QED) is 0.820. The molecule has 3 rings (SSSR count). The number of likely N-dealkylation sites (tertiary alicyclic amines) is 1. The Bertz CT molecular complexity index is 813. The maximum atomic E-state index is 12.5. The molecule has 0 saturated carbocycles. The molecule has 0 atom stereocenters. The van der Waals surface area contributed by atoms with E-state index in [4.69, 9.17) is 11.6 Å². The lowest BCUT2D eigenvalue weighted by Gasteiger charge is -2.38. The van der Waals surface area contributed by atoms with Crippen LogP contribution in [0, 0.1) is 0 Å². The van der Waals surface area contributed by atoms with Crippen molar-refractivity contribution in [3.8, 4) is 0 Å². The van der Waals surface area contributed by atoms with Gasteiger partial charge in [-0.25, -0.2) is 8.42 Å².